The van der Waals surface area contributed by atoms with Crippen LogP contribution in [0.3, 0.4) is 0 Å². The first kappa shape index (κ1) is 19.9. The molecule has 0 unspecified atom stereocenters. The molecule has 0 saturated heterocycles. The number of nitrogens with one attached hydrogen (secondary N) is 1. The molecule has 0 aliphatic rings. The minimum absolute atomic E-state index is 0.0767. The van der Waals surface area contributed by atoms with Crippen molar-refractivity contribution in [3.05, 3.63) is 69.2 Å². The molecule has 0 aliphatic carbocycles. The number of aromatic amines is 1. The Morgan fingerprint density at radius 1 is 1.21 bits per heavy atom. The van der Waals surface area contributed by atoms with E-state index in [1.807, 2.05) is 38.1 Å². The largest absolute Gasteiger partial charge is 0.484 e. The molecule has 3 rings (SSSR count). The van der Waals surface area contributed by atoms with Crippen LogP contribution < -0.4 is 10.3 Å². The van der Waals surface area contributed by atoms with Gasteiger partial charge in [-0.05, 0) is 43.7 Å². The van der Waals surface area contributed by atoms with Gasteiger partial charge in [-0.15, -0.1) is 0 Å². The second kappa shape index (κ2) is 8.89. The Bertz CT molecular complexity index is 1030. The number of rotatable bonds is 7. The Morgan fingerprint density at radius 3 is 2.68 bits per heavy atom. The van der Waals surface area contributed by atoms with Crippen LogP contribution in [0, 0.1) is 6.92 Å². The van der Waals surface area contributed by atoms with Gasteiger partial charge in [0.2, 0.25) is 0 Å². The van der Waals surface area contributed by atoms with Gasteiger partial charge in [-0.1, -0.05) is 36.2 Å². The van der Waals surface area contributed by atoms with Crippen LogP contribution in [0.15, 0.2) is 47.3 Å². The van der Waals surface area contributed by atoms with Gasteiger partial charge in [0.1, 0.15) is 11.6 Å². The minimum Gasteiger partial charge on any atom is -0.484 e. The quantitative estimate of drug-likeness (QED) is 0.657. The van der Waals surface area contributed by atoms with Gasteiger partial charge in [0.15, 0.2) is 6.61 Å². The number of carbonyl (C=O) groups is 1. The van der Waals surface area contributed by atoms with Crippen molar-refractivity contribution in [3.8, 4) is 5.75 Å². The van der Waals surface area contributed by atoms with Gasteiger partial charge >= 0.3 is 0 Å². The van der Waals surface area contributed by atoms with Crippen molar-refractivity contribution < 1.29 is 9.53 Å². The van der Waals surface area contributed by atoms with Crippen LogP contribution in [0.1, 0.15) is 24.7 Å². The number of benzene rings is 2. The number of hydrogen-bond donors (Lipinski definition) is 1. The lowest BCUT2D eigenvalue weighted by molar-refractivity contribution is -0.134. The van der Waals surface area contributed by atoms with Crippen molar-refractivity contribution in [2.24, 2.45) is 0 Å². The van der Waals surface area contributed by atoms with E-state index in [1.165, 1.54) is 0 Å². The summed E-state index contributed by atoms with van der Waals surface area (Å²) in [4.78, 5) is 33.8. The van der Waals surface area contributed by atoms with Crippen molar-refractivity contribution in [1.82, 2.24) is 14.9 Å². The topological polar surface area (TPSA) is 75.3 Å². The van der Waals surface area contributed by atoms with Crippen molar-refractivity contribution in [1.29, 1.82) is 0 Å². The molecule has 2 aromatic carbocycles. The summed E-state index contributed by atoms with van der Waals surface area (Å²) in [5, 5.41) is 0.966. The zero-order valence-electron chi connectivity index (χ0n) is 15.9. The summed E-state index contributed by atoms with van der Waals surface area (Å²) in [7, 11) is 0. The predicted octanol–water partition coefficient (Wildman–Crippen LogP) is 3.70. The van der Waals surface area contributed by atoms with E-state index in [1.54, 1.807) is 23.1 Å². The number of halogens is 1. The number of fused-ring (bicyclic) bond motifs is 1. The van der Waals surface area contributed by atoms with Gasteiger partial charge in [0, 0.05) is 11.6 Å². The molecule has 28 heavy (non-hydrogen) atoms. The summed E-state index contributed by atoms with van der Waals surface area (Å²) < 4.78 is 5.60. The minimum atomic E-state index is -0.253. The van der Waals surface area contributed by atoms with E-state index in [4.69, 9.17) is 16.3 Å². The first-order chi connectivity index (χ1) is 13.5. The lowest BCUT2D eigenvalue weighted by Crippen LogP contribution is -2.36. The van der Waals surface area contributed by atoms with Gasteiger partial charge in [0.05, 0.1) is 17.4 Å². The zero-order valence-corrected chi connectivity index (χ0v) is 16.6. The molecule has 146 valence electrons. The SMILES string of the molecule is CCCN(Cc1nc2cc(Cl)ccc2c(=O)[nH]1)C(=O)COc1ccc(C)cc1. The maximum atomic E-state index is 12.6. The number of aromatic nitrogens is 2. The average molecular weight is 400 g/mol. The lowest BCUT2D eigenvalue weighted by Gasteiger charge is -2.21. The standard InChI is InChI=1S/C21H22ClN3O3/c1-3-10-25(20(26)13-28-16-7-4-14(2)5-8-16)12-19-23-18-11-15(22)6-9-17(18)21(27)24-19/h4-9,11H,3,10,12-13H2,1-2H3,(H,23,24,27). The molecule has 0 atom stereocenters. The van der Waals surface area contributed by atoms with Crippen LogP contribution in [-0.2, 0) is 11.3 Å². The third-order valence-electron chi connectivity index (χ3n) is 4.29. The Kier molecular flexibility index (Phi) is 6.31. The summed E-state index contributed by atoms with van der Waals surface area (Å²) in [6.45, 7) is 4.63. The van der Waals surface area contributed by atoms with Crippen molar-refractivity contribution in [2.75, 3.05) is 13.2 Å². The number of amides is 1. The molecule has 0 bridgehead atoms. The second-order valence-corrected chi connectivity index (χ2v) is 7.03. The zero-order chi connectivity index (χ0) is 20.1. The van der Waals surface area contributed by atoms with Gasteiger partial charge in [-0.2, -0.15) is 0 Å². The highest BCUT2D eigenvalue weighted by molar-refractivity contribution is 6.31. The van der Waals surface area contributed by atoms with Crippen molar-refractivity contribution >= 4 is 28.4 Å². The number of ether oxygens (including phenoxy) is 1. The van der Waals surface area contributed by atoms with Gasteiger partial charge in [-0.25, -0.2) is 4.98 Å². The van der Waals surface area contributed by atoms with Gasteiger partial charge in [0.25, 0.3) is 11.5 Å². The monoisotopic (exact) mass is 399 g/mol. The maximum Gasteiger partial charge on any atom is 0.260 e. The van der Waals surface area contributed by atoms with Crippen LogP contribution >= 0.6 is 11.6 Å². The molecule has 1 N–H and O–H groups in total. The molecule has 7 heteroatoms. The Labute approximate surface area is 168 Å². The summed E-state index contributed by atoms with van der Waals surface area (Å²) in [6.07, 6.45) is 0.778. The fourth-order valence-corrected chi connectivity index (χ4v) is 3.02. The highest BCUT2D eigenvalue weighted by Crippen LogP contribution is 2.15. The summed E-state index contributed by atoms with van der Waals surface area (Å²) >= 11 is 6.01. The number of carbonyl (C=O) groups excluding carboxylic acids is 1. The molecule has 0 fully saturated rings. The van der Waals surface area contributed by atoms with Crippen LogP contribution in [-0.4, -0.2) is 33.9 Å². The predicted molar refractivity (Wildman–Crippen MR) is 110 cm³/mol. The van der Waals surface area contributed by atoms with E-state index in [2.05, 4.69) is 9.97 Å². The van der Waals surface area contributed by atoms with Gasteiger partial charge < -0.3 is 14.6 Å². The summed E-state index contributed by atoms with van der Waals surface area (Å²) in [6, 6.07) is 12.4. The Balaban J connectivity index is 1.74. The number of H-pyrrole nitrogens is 1. The fraction of sp³-hybridized carbons (Fsp3) is 0.286. The molecule has 0 aliphatic heterocycles. The van der Waals surface area contributed by atoms with E-state index in [9.17, 15) is 9.59 Å². The molecular weight excluding hydrogens is 378 g/mol. The first-order valence-corrected chi connectivity index (χ1v) is 9.49. The molecule has 3 aromatic rings. The highest BCUT2D eigenvalue weighted by Gasteiger charge is 2.16. The van der Waals surface area contributed by atoms with E-state index in [0.29, 0.717) is 34.0 Å². The third kappa shape index (κ3) is 4.89. The van der Waals surface area contributed by atoms with E-state index in [0.717, 1.165) is 12.0 Å². The highest BCUT2D eigenvalue weighted by atomic mass is 35.5. The maximum absolute atomic E-state index is 12.6. The average Bonchev–Trinajstić information content (AvgIpc) is 2.66. The summed E-state index contributed by atoms with van der Waals surface area (Å²) in [5.74, 6) is 0.885. The molecule has 0 saturated carbocycles. The van der Waals surface area contributed by atoms with Crippen LogP contribution in [0.2, 0.25) is 5.02 Å². The van der Waals surface area contributed by atoms with Crippen molar-refractivity contribution in [2.45, 2.75) is 26.8 Å². The smallest absolute Gasteiger partial charge is 0.260 e. The van der Waals surface area contributed by atoms with E-state index in [-0.39, 0.29) is 24.6 Å². The summed E-state index contributed by atoms with van der Waals surface area (Å²) in [5.41, 5.74) is 1.38. The van der Waals surface area contributed by atoms with Crippen LogP contribution in [0.5, 0.6) is 5.75 Å². The molecule has 1 amide bonds. The van der Waals surface area contributed by atoms with Crippen LogP contribution in [0.4, 0.5) is 0 Å². The lowest BCUT2D eigenvalue weighted by atomic mass is 10.2. The molecule has 1 heterocycles. The van der Waals surface area contributed by atoms with Crippen LogP contribution in [0.25, 0.3) is 10.9 Å². The molecule has 6 nitrogen and oxygen atoms in total. The molecular formula is C21H22ClN3O3. The molecule has 0 spiro atoms. The molecule has 0 radical (unpaired) electrons. The van der Waals surface area contributed by atoms with E-state index >= 15 is 0 Å². The number of hydrogen-bond acceptors (Lipinski definition) is 4. The number of aryl methyl sites for hydroxylation is 1. The van der Waals surface area contributed by atoms with Gasteiger partial charge in [-0.3, -0.25) is 9.59 Å². The Hall–Kier alpha value is -2.86. The van der Waals surface area contributed by atoms with Crippen molar-refractivity contribution in [3.63, 3.8) is 0 Å². The van der Waals surface area contributed by atoms with E-state index < -0.39 is 0 Å². The first-order valence-electron chi connectivity index (χ1n) is 9.12. The molecule has 1 aromatic heterocycles. The number of nitrogens with zero attached hydrogens (tertiary/aromatic N) is 2. The fourth-order valence-electron chi connectivity index (χ4n) is 2.85. The third-order valence-corrected chi connectivity index (χ3v) is 4.52. The second-order valence-electron chi connectivity index (χ2n) is 6.59. The Morgan fingerprint density at radius 2 is 1.96 bits per heavy atom. The normalized spacial score (nSPS) is 10.8.